The van der Waals surface area contributed by atoms with Crippen LogP contribution in [0.25, 0.3) is 0 Å². The Morgan fingerprint density at radius 1 is 1.00 bits per heavy atom. The van der Waals surface area contributed by atoms with E-state index < -0.39 is 23.9 Å². The predicted molar refractivity (Wildman–Crippen MR) is 116 cm³/mol. The highest BCUT2D eigenvalue weighted by Gasteiger charge is 2.38. The zero-order chi connectivity index (χ0) is 22.3. The Hall–Kier alpha value is -4.07. The molecule has 1 atom stereocenters. The molecule has 1 aromatic heterocycles. The molecule has 8 nitrogen and oxygen atoms in total. The fourth-order valence-corrected chi connectivity index (χ4v) is 3.58. The van der Waals surface area contributed by atoms with E-state index in [2.05, 4.69) is 5.43 Å². The highest BCUT2D eigenvalue weighted by atomic mass is 16.6. The van der Waals surface area contributed by atoms with Gasteiger partial charge in [-0.3, -0.25) is 19.9 Å². The number of hydrogen-bond donors (Lipinski definition) is 1. The van der Waals surface area contributed by atoms with Crippen molar-refractivity contribution >= 4 is 23.6 Å². The summed E-state index contributed by atoms with van der Waals surface area (Å²) >= 11 is 0. The van der Waals surface area contributed by atoms with Crippen LogP contribution in [0.1, 0.15) is 29.0 Å². The molecule has 1 saturated heterocycles. The monoisotopic (exact) mass is 433 g/mol. The fourth-order valence-electron chi connectivity index (χ4n) is 3.58. The summed E-state index contributed by atoms with van der Waals surface area (Å²) in [7, 11) is 0. The highest BCUT2D eigenvalue weighted by molar-refractivity contribution is 6.03. The second-order valence-corrected chi connectivity index (χ2v) is 7.32. The number of nitrogens with zero attached hydrogens (tertiary/aromatic N) is 2. The van der Waals surface area contributed by atoms with Gasteiger partial charge < -0.3 is 9.15 Å². The molecular weight excluding hydrogens is 410 g/mol. The van der Waals surface area contributed by atoms with Crippen molar-refractivity contribution in [3.63, 3.8) is 0 Å². The molecule has 1 unspecified atom stereocenters. The topological polar surface area (TPSA) is 92.1 Å². The Kier molecular flexibility index (Phi) is 6.50. The number of anilines is 1. The van der Waals surface area contributed by atoms with Crippen molar-refractivity contribution in [2.75, 3.05) is 11.6 Å². The van der Waals surface area contributed by atoms with Crippen LogP contribution < -0.4 is 10.4 Å². The Morgan fingerprint density at radius 2 is 1.72 bits per heavy atom. The minimum atomic E-state index is -0.754. The van der Waals surface area contributed by atoms with Crippen LogP contribution in [0, 0.1) is 0 Å². The van der Waals surface area contributed by atoms with Crippen LogP contribution in [-0.2, 0) is 16.1 Å². The number of hydrazine groups is 1. The first-order chi connectivity index (χ1) is 15.6. The van der Waals surface area contributed by atoms with Gasteiger partial charge in [-0.15, -0.1) is 0 Å². The summed E-state index contributed by atoms with van der Waals surface area (Å²) in [5, 5.41) is 1.16. The average molecular weight is 433 g/mol. The lowest BCUT2D eigenvalue weighted by Gasteiger charge is -2.29. The first-order valence-corrected chi connectivity index (χ1v) is 10.3. The van der Waals surface area contributed by atoms with E-state index in [1.807, 2.05) is 36.4 Å². The van der Waals surface area contributed by atoms with Gasteiger partial charge in [0.2, 0.25) is 0 Å². The smallest absolute Gasteiger partial charge is 0.410 e. The van der Waals surface area contributed by atoms with E-state index in [-0.39, 0.29) is 12.4 Å². The Labute approximate surface area is 185 Å². The van der Waals surface area contributed by atoms with Crippen molar-refractivity contribution < 1.29 is 23.5 Å². The molecule has 1 N–H and O–H groups in total. The Morgan fingerprint density at radius 3 is 2.41 bits per heavy atom. The number of carbonyl (C=O) groups excluding carboxylic acids is 3. The zero-order valence-corrected chi connectivity index (χ0v) is 17.3. The molecule has 0 radical (unpaired) electrons. The molecule has 2 aromatic carbocycles. The standard InChI is InChI=1S/C24H23N3O5/c28-22(21-14-8-16-31-21)25-27(19-11-5-2-6-12-19)23(29)20-13-7-15-26(20)24(30)32-17-18-9-3-1-4-10-18/h1-6,8-12,14,16,20H,7,13,15,17H2,(H,25,28). The van der Waals surface area contributed by atoms with E-state index in [0.717, 1.165) is 10.6 Å². The lowest BCUT2D eigenvalue weighted by atomic mass is 10.2. The molecule has 1 aliphatic rings. The van der Waals surface area contributed by atoms with Crippen molar-refractivity contribution in [1.29, 1.82) is 0 Å². The quantitative estimate of drug-likeness (QED) is 0.619. The first-order valence-electron chi connectivity index (χ1n) is 10.3. The molecule has 0 saturated carbocycles. The molecule has 4 rings (SSSR count). The third kappa shape index (κ3) is 4.80. The van der Waals surface area contributed by atoms with Crippen LogP contribution in [0.3, 0.4) is 0 Å². The maximum atomic E-state index is 13.5. The van der Waals surface area contributed by atoms with E-state index in [9.17, 15) is 14.4 Å². The molecule has 8 heteroatoms. The van der Waals surface area contributed by atoms with Crippen LogP contribution >= 0.6 is 0 Å². The number of benzene rings is 2. The summed E-state index contributed by atoms with van der Waals surface area (Å²) in [4.78, 5) is 40.2. The normalized spacial score (nSPS) is 15.2. The summed E-state index contributed by atoms with van der Waals surface area (Å²) < 4.78 is 10.6. The van der Waals surface area contributed by atoms with Gasteiger partial charge >= 0.3 is 12.0 Å². The number of amides is 3. The minimum Gasteiger partial charge on any atom is -0.459 e. The van der Waals surface area contributed by atoms with Crippen LogP contribution in [-0.4, -0.2) is 35.4 Å². The SMILES string of the molecule is O=C(NN(C(=O)C1CCCN1C(=O)OCc1ccccc1)c1ccccc1)c1ccco1. The Bertz CT molecular complexity index is 1050. The molecular formula is C24H23N3O5. The molecule has 0 spiro atoms. The predicted octanol–water partition coefficient (Wildman–Crippen LogP) is 3.76. The number of nitrogens with one attached hydrogen (secondary N) is 1. The fraction of sp³-hybridized carbons (Fsp3) is 0.208. The number of hydrogen-bond acceptors (Lipinski definition) is 5. The summed E-state index contributed by atoms with van der Waals surface area (Å²) in [6, 6.07) is 20.4. The van der Waals surface area contributed by atoms with E-state index in [1.165, 1.54) is 17.2 Å². The summed E-state index contributed by atoms with van der Waals surface area (Å²) in [5.74, 6) is -0.919. The largest absolute Gasteiger partial charge is 0.459 e. The maximum absolute atomic E-state index is 13.5. The van der Waals surface area contributed by atoms with Crippen LogP contribution in [0.4, 0.5) is 10.5 Å². The molecule has 0 bridgehead atoms. The van der Waals surface area contributed by atoms with Gasteiger partial charge in [-0.05, 0) is 42.7 Å². The minimum absolute atomic E-state index is 0.0734. The van der Waals surface area contributed by atoms with Gasteiger partial charge in [0.15, 0.2) is 5.76 Å². The molecule has 1 aliphatic heterocycles. The summed E-state index contributed by atoms with van der Waals surface area (Å²) in [6.45, 7) is 0.521. The van der Waals surface area contributed by atoms with E-state index in [0.29, 0.717) is 25.1 Å². The van der Waals surface area contributed by atoms with Crippen molar-refractivity contribution in [3.8, 4) is 0 Å². The van der Waals surface area contributed by atoms with Gasteiger partial charge in [0.05, 0.1) is 12.0 Å². The van der Waals surface area contributed by atoms with Crippen LogP contribution in [0.15, 0.2) is 83.5 Å². The van der Waals surface area contributed by atoms with E-state index in [4.69, 9.17) is 9.15 Å². The average Bonchev–Trinajstić information content (AvgIpc) is 3.54. The van der Waals surface area contributed by atoms with Gasteiger partial charge in [0, 0.05) is 6.54 Å². The van der Waals surface area contributed by atoms with Gasteiger partial charge in [0.1, 0.15) is 12.6 Å². The van der Waals surface area contributed by atoms with E-state index in [1.54, 1.807) is 30.3 Å². The van der Waals surface area contributed by atoms with Crippen LogP contribution in [0.2, 0.25) is 0 Å². The molecule has 3 amide bonds. The lowest BCUT2D eigenvalue weighted by Crippen LogP contribution is -2.54. The molecule has 2 heterocycles. The lowest BCUT2D eigenvalue weighted by molar-refractivity contribution is -0.123. The summed E-state index contributed by atoms with van der Waals surface area (Å²) in [5.41, 5.74) is 3.94. The third-order valence-electron chi connectivity index (χ3n) is 5.17. The first kappa shape index (κ1) is 21.2. The van der Waals surface area contributed by atoms with Gasteiger partial charge in [0.25, 0.3) is 5.91 Å². The Balaban J connectivity index is 1.50. The molecule has 3 aromatic rings. The molecule has 164 valence electrons. The number of rotatable bonds is 5. The van der Waals surface area contributed by atoms with Gasteiger partial charge in [-0.1, -0.05) is 48.5 Å². The summed E-state index contributed by atoms with van der Waals surface area (Å²) in [6.07, 6.45) is 1.95. The maximum Gasteiger partial charge on any atom is 0.410 e. The second-order valence-electron chi connectivity index (χ2n) is 7.32. The zero-order valence-electron chi connectivity index (χ0n) is 17.3. The molecule has 0 aliphatic carbocycles. The van der Waals surface area contributed by atoms with E-state index >= 15 is 0 Å². The van der Waals surface area contributed by atoms with Gasteiger partial charge in [-0.2, -0.15) is 0 Å². The third-order valence-corrected chi connectivity index (χ3v) is 5.17. The molecule has 32 heavy (non-hydrogen) atoms. The van der Waals surface area contributed by atoms with Crippen molar-refractivity contribution in [1.82, 2.24) is 10.3 Å². The van der Waals surface area contributed by atoms with Crippen molar-refractivity contribution in [3.05, 3.63) is 90.4 Å². The second kappa shape index (κ2) is 9.82. The van der Waals surface area contributed by atoms with Crippen LogP contribution in [0.5, 0.6) is 0 Å². The van der Waals surface area contributed by atoms with Crippen molar-refractivity contribution in [2.45, 2.75) is 25.5 Å². The number of carbonyl (C=O) groups is 3. The van der Waals surface area contributed by atoms with Gasteiger partial charge in [-0.25, -0.2) is 9.80 Å². The molecule has 1 fully saturated rings. The number of ether oxygens (including phenoxy) is 1. The number of furan rings is 1. The van der Waals surface area contributed by atoms with Crippen molar-refractivity contribution in [2.24, 2.45) is 0 Å². The number of para-hydroxylation sites is 1. The highest BCUT2D eigenvalue weighted by Crippen LogP contribution is 2.23. The number of likely N-dealkylation sites (tertiary alicyclic amines) is 1.